The van der Waals surface area contributed by atoms with E-state index in [0.29, 0.717) is 26.4 Å². The number of carbonyl (C=O) groups is 1. The van der Waals surface area contributed by atoms with Gasteiger partial charge in [-0.05, 0) is 18.2 Å². The van der Waals surface area contributed by atoms with Crippen molar-refractivity contribution in [1.82, 2.24) is 5.32 Å². The lowest BCUT2D eigenvalue weighted by Crippen LogP contribution is -2.39. The molecule has 1 aromatic carbocycles. The van der Waals surface area contributed by atoms with Gasteiger partial charge in [-0.25, -0.2) is 13.6 Å². The average Bonchev–Trinajstić information content (AvgIpc) is 2.45. The van der Waals surface area contributed by atoms with Gasteiger partial charge in [-0.3, -0.25) is 4.79 Å². The highest BCUT2D eigenvalue weighted by Crippen LogP contribution is 2.10. The van der Waals surface area contributed by atoms with Gasteiger partial charge in [0.2, 0.25) is 10.0 Å². The summed E-state index contributed by atoms with van der Waals surface area (Å²) in [6, 6.07) is 5.56. The van der Waals surface area contributed by atoms with Crippen molar-refractivity contribution < 1.29 is 22.7 Å². The number of hydrogen-bond donors (Lipinski definition) is 2. The Kier molecular flexibility index (Phi) is 4.71. The van der Waals surface area contributed by atoms with E-state index in [2.05, 4.69) is 5.32 Å². The predicted octanol–water partition coefficient (Wildman–Crippen LogP) is -0.521. The van der Waals surface area contributed by atoms with Crippen molar-refractivity contribution >= 4 is 15.9 Å². The van der Waals surface area contributed by atoms with E-state index < -0.39 is 10.0 Å². The van der Waals surface area contributed by atoms with Crippen molar-refractivity contribution in [2.75, 3.05) is 26.4 Å². The molecule has 7 nitrogen and oxygen atoms in total. The van der Waals surface area contributed by atoms with Crippen molar-refractivity contribution in [3.05, 3.63) is 29.8 Å². The molecule has 8 heteroatoms. The lowest BCUT2D eigenvalue weighted by atomic mass is 10.2. The van der Waals surface area contributed by atoms with Crippen LogP contribution in [0, 0.1) is 0 Å². The molecule has 1 heterocycles. The van der Waals surface area contributed by atoms with Crippen LogP contribution in [0.2, 0.25) is 0 Å². The molecule has 0 aromatic heterocycles. The molecule has 110 valence electrons. The Morgan fingerprint density at radius 2 is 2.20 bits per heavy atom. The molecule has 3 N–H and O–H groups in total. The van der Waals surface area contributed by atoms with Crippen LogP contribution in [0.15, 0.2) is 29.2 Å². The third kappa shape index (κ3) is 4.01. The molecule has 1 aromatic rings. The summed E-state index contributed by atoms with van der Waals surface area (Å²) in [6.07, 6.45) is -0.186. The number of amides is 1. The maximum Gasteiger partial charge on any atom is 0.251 e. The number of sulfonamides is 1. The van der Waals surface area contributed by atoms with Crippen molar-refractivity contribution in [3.8, 4) is 0 Å². The smallest absolute Gasteiger partial charge is 0.251 e. The van der Waals surface area contributed by atoms with Gasteiger partial charge in [0, 0.05) is 12.1 Å². The van der Waals surface area contributed by atoms with E-state index in [1.165, 1.54) is 24.3 Å². The molecule has 1 atom stereocenters. The summed E-state index contributed by atoms with van der Waals surface area (Å²) in [5.74, 6) is -0.385. The summed E-state index contributed by atoms with van der Waals surface area (Å²) < 4.78 is 33.0. The number of rotatable bonds is 4. The average molecular weight is 300 g/mol. The fourth-order valence-corrected chi connectivity index (χ4v) is 2.34. The van der Waals surface area contributed by atoms with E-state index in [1.807, 2.05) is 0 Å². The van der Waals surface area contributed by atoms with Crippen LogP contribution >= 0.6 is 0 Å². The zero-order chi connectivity index (χ0) is 14.6. The molecule has 1 saturated heterocycles. The molecule has 20 heavy (non-hydrogen) atoms. The molecule has 0 unspecified atom stereocenters. The Bertz CT molecular complexity index is 581. The molecule has 1 fully saturated rings. The molecule has 0 radical (unpaired) electrons. The van der Waals surface area contributed by atoms with Gasteiger partial charge in [0.15, 0.2) is 0 Å². The van der Waals surface area contributed by atoms with Gasteiger partial charge in [-0.15, -0.1) is 0 Å². The highest BCUT2D eigenvalue weighted by molar-refractivity contribution is 7.89. The maximum atomic E-state index is 11.9. The Balaban J connectivity index is 1.98. The second kappa shape index (κ2) is 6.31. The number of ether oxygens (including phenoxy) is 2. The Hall–Kier alpha value is -1.48. The third-order valence-corrected chi connectivity index (χ3v) is 3.71. The number of primary sulfonamides is 1. The molecule has 0 spiro atoms. The molecule has 0 bridgehead atoms. The van der Waals surface area contributed by atoms with E-state index >= 15 is 0 Å². The first kappa shape index (κ1) is 14.9. The van der Waals surface area contributed by atoms with E-state index in [-0.39, 0.29) is 22.5 Å². The first-order chi connectivity index (χ1) is 9.47. The highest BCUT2D eigenvalue weighted by atomic mass is 32.2. The van der Waals surface area contributed by atoms with Gasteiger partial charge >= 0.3 is 0 Å². The Labute approximate surface area is 117 Å². The summed E-state index contributed by atoms with van der Waals surface area (Å²) in [5.41, 5.74) is 0.230. The van der Waals surface area contributed by atoms with Crippen LogP contribution in [0.4, 0.5) is 0 Å². The van der Waals surface area contributed by atoms with E-state index in [0.717, 1.165) is 0 Å². The van der Waals surface area contributed by atoms with Crippen molar-refractivity contribution in [2.45, 2.75) is 11.0 Å². The summed E-state index contributed by atoms with van der Waals surface area (Å²) in [7, 11) is -3.82. The number of nitrogens with two attached hydrogens (primary N) is 1. The van der Waals surface area contributed by atoms with E-state index in [1.54, 1.807) is 0 Å². The summed E-state index contributed by atoms with van der Waals surface area (Å²) >= 11 is 0. The topological polar surface area (TPSA) is 108 Å². The van der Waals surface area contributed by atoms with Gasteiger partial charge < -0.3 is 14.8 Å². The molecule has 0 saturated carbocycles. The summed E-state index contributed by atoms with van der Waals surface area (Å²) in [4.78, 5) is 11.8. The lowest BCUT2D eigenvalue weighted by Gasteiger charge is -2.23. The van der Waals surface area contributed by atoms with Gasteiger partial charge in [0.1, 0.15) is 0 Å². The fourth-order valence-electron chi connectivity index (χ4n) is 1.78. The van der Waals surface area contributed by atoms with E-state index in [9.17, 15) is 13.2 Å². The number of benzene rings is 1. The van der Waals surface area contributed by atoms with Crippen molar-refractivity contribution in [2.24, 2.45) is 5.14 Å². The third-order valence-electron chi connectivity index (χ3n) is 2.80. The van der Waals surface area contributed by atoms with Gasteiger partial charge in [-0.2, -0.15) is 0 Å². The minimum absolute atomic E-state index is 0.0950. The van der Waals surface area contributed by atoms with Crippen LogP contribution in [-0.2, 0) is 19.5 Å². The van der Waals surface area contributed by atoms with Gasteiger partial charge in [0.25, 0.3) is 5.91 Å². The van der Waals surface area contributed by atoms with Crippen molar-refractivity contribution in [3.63, 3.8) is 0 Å². The van der Waals surface area contributed by atoms with Crippen LogP contribution < -0.4 is 10.5 Å². The molecule has 2 rings (SSSR count). The molecule has 1 aliphatic rings. The molecular formula is C12H16N2O5S. The minimum atomic E-state index is -3.82. The van der Waals surface area contributed by atoms with Crippen LogP contribution in [0.1, 0.15) is 10.4 Å². The SMILES string of the molecule is NS(=O)(=O)c1cccc(C(=O)NC[C@H]2COCCO2)c1. The van der Waals surface area contributed by atoms with Gasteiger partial charge in [-0.1, -0.05) is 6.07 Å². The minimum Gasteiger partial charge on any atom is -0.376 e. The fraction of sp³-hybridized carbons (Fsp3) is 0.417. The Morgan fingerprint density at radius 3 is 2.85 bits per heavy atom. The van der Waals surface area contributed by atoms with Gasteiger partial charge in [0.05, 0.1) is 30.8 Å². The van der Waals surface area contributed by atoms with E-state index in [4.69, 9.17) is 14.6 Å². The second-order valence-corrected chi connectivity index (χ2v) is 5.91. The van der Waals surface area contributed by atoms with Crippen LogP contribution in [0.5, 0.6) is 0 Å². The number of hydrogen-bond acceptors (Lipinski definition) is 5. The monoisotopic (exact) mass is 300 g/mol. The first-order valence-corrected chi connectivity index (χ1v) is 7.62. The van der Waals surface area contributed by atoms with Crippen LogP contribution in [0.3, 0.4) is 0 Å². The molecule has 1 aliphatic heterocycles. The lowest BCUT2D eigenvalue weighted by molar-refractivity contribution is -0.0855. The first-order valence-electron chi connectivity index (χ1n) is 6.07. The van der Waals surface area contributed by atoms with Crippen LogP contribution in [0.25, 0.3) is 0 Å². The van der Waals surface area contributed by atoms with Crippen molar-refractivity contribution in [1.29, 1.82) is 0 Å². The number of nitrogens with one attached hydrogen (secondary N) is 1. The summed E-state index contributed by atoms with van der Waals surface area (Å²) in [5, 5.41) is 7.69. The zero-order valence-corrected chi connectivity index (χ0v) is 11.6. The largest absolute Gasteiger partial charge is 0.376 e. The quantitative estimate of drug-likeness (QED) is 0.778. The predicted molar refractivity (Wildman–Crippen MR) is 70.7 cm³/mol. The normalized spacial score (nSPS) is 19.6. The second-order valence-electron chi connectivity index (χ2n) is 4.35. The molecular weight excluding hydrogens is 284 g/mol. The number of carbonyl (C=O) groups excluding carboxylic acids is 1. The molecule has 1 amide bonds. The molecule has 0 aliphatic carbocycles. The zero-order valence-electron chi connectivity index (χ0n) is 10.7. The summed E-state index contributed by atoms with van der Waals surface area (Å²) in [6.45, 7) is 1.79. The standard InChI is InChI=1S/C12H16N2O5S/c13-20(16,17)11-3-1-2-9(6-11)12(15)14-7-10-8-18-4-5-19-10/h1-3,6,10H,4-5,7-8H2,(H,14,15)(H2,13,16,17)/t10-/m0/s1. The maximum absolute atomic E-state index is 11.9. The van der Waals surface area contributed by atoms with Crippen LogP contribution in [-0.4, -0.2) is 46.8 Å². The Morgan fingerprint density at radius 1 is 1.40 bits per heavy atom. The highest BCUT2D eigenvalue weighted by Gasteiger charge is 2.16.